The summed E-state index contributed by atoms with van der Waals surface area (Å²) in [6.45, 7) is 1.29. The molecule has 2 fully saturated rings. The van der Waals surface area contributed by atoms with Gasteiger partial charge in [-0.25, -0.2) is 4.90 Å². The van der Waals surface area contributed by atoms with E-state index < -0.39 is 41.7 Å². The molecular formula is C25H21N3O6. The Hall–Kier alpha value is -4.27. The molecule has 9 heteroatoms. The molecule has 2 aromatic rings. The number of allylic oxidation sites excluding steroid dienone is 1. The van der Waals surface area contributed by atoms with E-state index in [0.717, 1.165) is 4.90 Å². The van der Waals surface area contributed by atoms with Crippen molar-refractivity contribution in [2.75, 3.05) is 12.0 Å². The molecule has 9 nitrogen and oxygen atoms in total. The number of hydrogen-bond donors (Lipinski definition) is 0. The van der Waals surface area contributed by atoms with Crippen LogP contribution in [0.25, 0.3) is 0 Å². The maximum Gasteiger partial charge on any atom is 0.308 e. The van der Waals surface area contributed by atoms with Crippen LogP contribution in [0.1, 0.15) is 17.3 Å². The number of ketones is 1. The average Bonchev–Trinajstić information content (AvgIpc) is 3.31. The van der Waals surface area contributed by atoms with E-state index in [1.54, 1.807) is 59.8 Å². The Morgan fingerprint density at radius 3 is 2.21 bits per heavy atom. The number of fused-ring (bicyclic) bond motifs is 3. The van der Waals surface area contributed by atoms with Crippen molar-refractivity contribution in [1.29, 1.82) is 0 Å². The molecule has 0 N–H and O–H groups in total. The molecule has 0 aromatic heterocycles. The highest BCUT2D eigenvalue weighted by atomic mass is 16.5. The van der Waals surface area contributed by atoms with E-state index in [0.29, 0.717) is 22.7 Å². The number of Topliss-reactive ketones (excluding diaryl/α,β-unsaturated/α-hetero) is 1. The maximum absolute atomic E-state index is 13.6. The first-order valence-electron chi connectivity index (χ1n) is 10.7. The first-order chi connectivity index (χ1) is 16.4. The third kappa shape index (κ3) is 3.37. The van der Waals surface area contributed by atoms with Gasteiger partial charge in [-0.3, -0.25) is 24.2 Å². The molecule has 0 saturated carbocycles. The largest absolute Gasteiger partial charge is 0.497 e. The van der Waals surface area contributed by atoms with E-state index >= 15 is 0 Å². The van der Waals surface area contributed by atoms with E-state index in [9.17, 15) is 19.2 Å². The number of hydrazone groups is 1. The predicted octanol–water partition coefficient (Wildman–Crippen LogP) is 2.22. The molecule has 3 heterocycles. The number of methoxy groups -OCH3 is 1. The zero-order valence-electron chi connectivity index (χ0n) is 18.5. The second-order valence-corrected chi connectivity index (χ2v) is 8.21. The van der Waals surface area contributed by atoms with Gasteiger partial charge in [-0.2, -0.15) is 5.10 Å². The summed E-state index contributed by atoms with van der Waals surface area (Å²) < 4.78 is 10.2. The normalized spacial score (nSPS) is 24.8. The van der Waals surface area contributed by atoms with E-state index in [1.807, 2.05) is 0 Å². The Morgan fingerprint density at radius 2 is 1.56 bits per heavy atom. The van der Waals surface area contributed by atoms with E-state index in [4.69, 9.17) is 9.47 Å². The van der Waals surface area contributed by atoms with Crippen LogP contribution in [0.5, 0.6) is 11.5 Å². The highest BCUT2D eigenvalue weighted by molar-refractivity contribution is 6.24. The van der Waals surface area contributed by atoms with E-state index in [-0.39, 0.29) is 5.78 Å². The molecule has 2 aromatic carbocycles. The summed E-state index contributed by atoms with van der Waals surface area (Å²) in [6, 6.07) is 11.3. The molecule has 0 spiro atoms. The molecule has 172 valence electrons. The van der Waals surface area contributed by atoms with Crippen LogP contribution in [0, 0.1) is 11.8 Å². The molecule has 2 saturated heterocycles. The summed E-state index contributed by atoms with van der Waals surface area (Å²) in [5, 5.41) is 5.91. The second-order valence-electron chi connectivity index (χ2n) is 8.21. The van der Waals surface area contributed by atoms with Crippen LogP contribution in [0.4, 0.5) is 5.69 Å². The van der Waals surface area contributed by atoms with Gasteiger partial charge in [0.25, 0.3) is 0 Å². The molecule has 1 unspecified atom stereocenters. The number of anilines is 1. The van der Waals surface area contributed by atoms with Gasteiger partial charge in [-0.1, -0.05) is 6.08 Å². The zero-order valence-corrected chi connectivity index (χ0v) is 18.5. The summed E-state index contributed by atoms with van der Waals surface area (Å²) in [7, 11) is 1.54. The van der Waals surface area contributed by atoms with Gasteiger partial charge in [0.1, 0.15) is 17.5 Å². The number of hydrogen-bond acceptors (Lipinski definition) is 8. The Labute approximate surface area is 195 Å². The van der Waals surface area contributed by atoms with Crippen molar-refractivity contribution in [3.63, 3.8) is 0 Å². The van der Waals surface area contributed by atoms with Crippen LogP contribution in [0.2, 0.25) is 0 Å². The summed E-state index contributed by atoms with van der Waals surface area (Å²) in [5.41, 5.74) is 0.755. The first kappa shape index (κ1) is 21.6. The maximum atomic E-state index is 13.6. The van der Waals surface area contributed by atoms with Crippen LogP contribution >= 0.6 is 0 Å². The smallest absolute Gasteiger partial charge is 0.308 e. The summed E-state index contributed by atoms with van der Waals surface area (Å²) >= 11 is 0. The minimum absolute atomic E-state index is 0.291. The van der Waals surface area contributed by atoms with Crippen LogP contribution in [-0.4, -0.2) is 54.0 Å². The van der Waals surface area contributed by atoms with Crippen molar-refractivity contribution in [1.82, 2.24) is 5.01 Å². The fraction of sp³-hybridized carbons (Fsp3) is 0.240. The Morgan fingerprint density at radius 1 is 0.912 bits per heavy atom. The topological polar surface area (TPSA) is 106 Å². The molecule has 3 aliphatic heterocycles. The third-order valence-electron chi connectivity index (χ3n) is 6.29. The summed E-state index contributed by atoms with van der Waals surface area (Å²) in [6.07, 6.45) is 5.06. The van der Waals surface area contributed by atoms with Crippen LogP contribution in [0.15, 0.2) is 65.8 Å². The van der Waals surface area contributed by atoms with E-state index in [2.05, 4.69) is 5.10 Å². The Balaban J connectivity index is 1.50. The standard InChI is InChI=1S/C25H21N3O6/c1-14(29)34-18-11-7-16(8-12-18)27-24(31)20-19-4-3-13-26-28(19)22(21(20)25(27)32)23(30)15-5-9-17(33-2)10-6-15/h3-13,19-22H,1-2H3/t19?,20-,21-,22+/m0/s1. The quantitative estimate of drug-likeness (QED) is 0.292. The fourth-order valence-electron chi connectivity index (χ4n) is 4.85. The summed E-state index contributed by atoms with van der Waals surface area (Å²) in [5.74, 6) is -2.34. The van der Waals surface area contributed by atoms with Crippen molar-refractivity contribution in [3.8, 4) is 11.5 Å². The number of carbonyl (C=O) groups excluding carboxylic acids is 4. The van der Waals surface area contributed by atoms with Gasteiger partial charge in [0.2, 0.25) is 11.8 Å². The SMILES string of the molecule is COc1ccc(C(=O)[C@H]2[C@H]3C(=O)N(c4ccc(OC(C)=O)cc4)C(=O)[C@H]3C3C=CC=NN32)cc1. The number of benzene rings is 2. The number of nitrogens with zero attached hydrogens (tertiary/aromatic N) is 3. The summed E-state index contributed by atoms with van der Waals surface area (Å²) in [4.78, 5) is 52.9. The Kier molecular flexibility index (Phi) is 5.24. The van der Waals surface area contributed by atoms with Crippen molar-refractivity contribution in [2.24, 2.45) is 16.9 Å². The van der Waals surface area contributed by atoms with E-state index in [1.165, 1.54) is 26.2 Å². The van der Waals surface area contributed by atoms with Crippen molar-refractivity contribution in [3.05, 3.63) is 66.2 Å². The van der Waals surface area contributed by atoms with Gasteiger partial charge in [-0.05, 0) is 54.6 Å². The number of esters is 1. The highest BCUT2D eigenvalue weighted by Crippen LogP contribution is 2.46. The zero-order chi connectivity index (χ0) is 24.0. The second kappa shape index (κ2) is 8.26. The lowest BCUT2D eigenvalue weighted by molar-refractivity contribution is -0.132. The lowest BCUT2D eigenvalue weighted by Gasteiger charge is -2.30. The van der Waals surface area contributed by atoms with Crippen LogP contribution < -0.4 is 14.4 Å². The van der Waals surface area contributed by atoms with Gasteiger partial charge in [0.05, 0.1) is 30.7 Å². The molecule has 0 radical (unpaired) electrons. The first-order valence-corrected chi connectivity index (χ1v) is 10.7. The van der Waals surface area contributed by atoms with Crippen molar-refractivity contribution >= 4 is 35.5 Å². The number of ether oxygens (including phenoxy) is 2. The lowest BCUT2D eigenvalue weighted by Crippen LogP contribution is -2.46. The van der Waals surface area contributed by atoms with Gasteiger partial charge in [0.15, 0.2) is 5.78 Å². The van der Waals surface area contributed by atoms with Crippen molar-refractivity contribution < 1.29 is 28.7 Å². The predicted molar refractivity (Wildman–Crippen MR) is 122 cm³/mol. The van der Waals surface area contributed by atoms with Gasteiger partial charge >= 0.3 is 5.97 Å². The van der Waals surface area contributed by atoms with Gasteiger partial charge in [0, 0.05) is 18.7 Å². The molecule has 34 heavy (non-hydrogen) atoms. The number of carbonyl (C=O) groups is 4. The molecular weight excluding hydrogens is 438 g/mol. The lowest BCUT2D eigenvalue weighted by atomic mass is 9.86. The molecule has 0 bridgehead atoms. The van der Waals surface area contributed by atoms with Crippen LogP contribution in [0.3, 0.4) is 0 Å². The van der Waals surface area contributed by atoms with Crippen molar-refractivity contribution in [2.45, 2.75) is 19.0 Å². The van der Waals surface area contributed by atoms with Crippen LogP contribution in [-0.2, 0) is 14.4 Å². The van der Waals surface area contributed by atoms with Gasteiger partial charge in [-0.15, -0.1) is 0 Å². The minimum atomic E-state index is -0.925. The number of imide groups is 1. The Bertz CT molecular complexity index is 1230. The number of amides is 2. The minimum Gasteiger partial charge on any atom is -0.497 e. The molecule has 4 atom stereocenters. The average molecular weight is 459 g/mol. The third-order valence-corrected chi connectivity index (χ3v) is 6.29. The highest BCUT2D eigenvalue weighted by Gasteiger charge is 2.64. The molecule has 3 aliphatic rings. The number of rotatable bonds is 5. The fourth-order valence-corrected chi connectivity index (χ4v) is 4.85. The monoisotopic (exact) mass is 459 g/mol. The van der Waals surface area contributed by atoms with Gasteiger partial charge < -0.3 is 9.47 Å². The molecule has 2 amide bonds. The molecule has 0 aliphatic carbocycles. The molecule has 5 rings (SSSR count).